The molecule has 1 aliphatic carbocycles. The van der Waals surface area contributed by atoms with E-state index in [0.29, 0.717) is 18.8 Å². The summed E-state index contributed by atoms with van der Waals surface area (Å²) < 4.78 is 5.59. The summed E-state index contributed by atoms with van der Waals surface area (Å²) in [6, 6.07) is 18.5. The minimum atomic E-state index is -0.118. The monoisotopic (exact) mass is 550 g/mol. The first kappa shape index (κ1) is 26.0. The van der Waals surface area contributed by atoms with Crippen LogP contribution in [-0.4, -0.2) is 38.1 Å². The predicted octanol–water partition coefficient (Wildman–Crippen LogP) is 4.00. The number of nitrogens with one attached hydrogen (secondary N) is 3. The second-order valence-electron chi connectivity index (χ2n) is 7.94. The van der Waals surface area contributed by atoms with Gasteiger partial charge in [0.25, 0.3) is 5.91 Å². The highest BCUT2D eigenvalue weighted by molar-refractivity contribution is 14.0. The molecule has 1 amide bonds. The molecule has 0 aliphatic heterocycles. The molecule has 2 aromatic rings. The van der Waals surface area contributed by atoms with Crippen LogP contribution in [0, 0.1) is 0 Å². The summed E-state index contributed by atoms with van der Waals surface area (Å²) in [4.78, 5) is 16.4. The number of ether oxygens (including phenoxy) is 1. The summed E-state index contributed by atoms with van der Waals surface area (Å²) in [5, 5.41) is 9.63. The van der Waals surface area contributed by atoms with E-state index in [9.17, 15) is 4.79 Å². The minimum absolute atomic E-state index is 0. The molecule has 1 fully saturated rings. The van der Waals surface area contributed by atoms with Crippen LogP contribution in [0.4, 0.5) is 0 Å². The van der Waals surface area contributed by atoms with Gasteiger partial charge in [-0.2, -0.15) is 0 Å². The molecule has 0 saturated heterocycles. The fraction of sp³-hybridized carbons (Fsp3) is 0.440. The third kappa shape index (κ3) is 7.39. The highest BCUT2D eigenvalue weighted by atomic mass is 127. The molecular formula is C25H35IN4O2. The number of nitrogens with zero attached hydrogens (tertiary/aromatic N) is 1. The minimum Gasteiger partial charge on any atom is -0.484 e. The number of rotatable bonds is 10. The quantitative estimate of drug-likeness (QED) is 0.238. The van der Waals surface area contributed by atoms with Crippen LogP contribution in [-0.2, 0) is 16.8 Å². The number of amides is 1. The molecule has 0 bridgehead atoms. The van der Waals surface area contributed by atoms with Gasteiger partial charge in [-0.3, -0.25) is 4.79 Å². The number of carbonyl (C=O) groups excluding carboxylic acids is 1. The highest BCUT2D eigenvalue weighted by Crippen LogP contribution is 2.43. The van der Waals surface area contributed by atoms with Crippen LogP contribution in [0.2, 0.25) is 0 Å². The van der Waals surface area contributed by atoms with E-state index in [-0.39, 0.29) is 41.9 Å². The lowest BCUT2D eigenvalue weighted by Crippen LogP contribution is -2.48. The van der Waals surface area contributed by atoms with Gasteiger partial charge in [0.1, 0.15) is 5.75 Å². The lowest BCUT2D eigenvalue weighted by molar-refractivity contribution is -0.122. The van der Waals surface area contributed by atoms with Crippen molar-refractivity contribution in [3.63, 3.8) is 0 Å². The largest absolute Gasteiger partial charge is 0.484 e. The maximum Gasteiger partial charge on any atom is 0.257 e. The number of likely N-dealkylation sites (N-methyl/N-ethyl adjacent to an activating group) is 1. The van der Waals surface area contributed by atoms with Crippen molar-refractivity contribution in [1.82, 2.24) is 16.0 Å². The lowest BCUT2D eigenvalue weighted by atomic mass is 9.64. The Hall–Kier alpha value is -2.29. The molecule has 32 heavy (non-hydrogen) atoms. The van der Waals surface area contributed by atoms with Crippen LogP contribution < -0.4 is 20.7 Å². The standard InChI is InChI=1S/C25H34N4O2.HI/c1-3-26-23(30)18-31-22-13-8-10-20(16-22)17-28-24(27-4-2)29-19-25(14-9-15-25)21-11-6-5-7-12-21;/h5-8,10-13,16H,3-4,9,14-15,17-19H2,1-2H3,(H,26,30)(H2,27,28,29);1H. The van der Waals surface area contributed by atoms with Gasteiger partial charge in [0.2, 0.25) is 0 Å². The lowest BCUT2D eigenvalue weighted by Gasteiger charge is -2.43. The second-order valence-corrected chi connectivity index (χ2v) is 7.94. The topological polar surface area (TPSA) is 74.8 Å². The van der Waals surface area contributed by atoms with E-state index in [1.54, 1.807) is 0 Å². The number of aliphatic imine (C=N–C) groups is 1. The average Bonchev–Trinajstić information content (AvgIpc) is 2.76. The molecule has 0 radical (unpaired) electrons. The molecule has 1 aliphatic rings. The summed E-state index contributed by atoms with van der Waals surface area (Å²) in [7, 11) is 0. The van der Waals surface area contributed by atoms with E-state index < -0.39 is 0 Å². The van der Waals surface area contributed by atoms with Gasteiger partial charge in [0.15, 0.2) is 12.6 Å². The van der Waals surface area contributed by atoms with Crippen molar-refractivity contribution < 1.29 is 9.53 Å². The van der Waals surface area contributed by atoms with Crippen molar-refractivity contribution in [2.75, 3.05) is 26.2 Å². The molecule has 1 saturated carbocycles. The first-order valence-electron chi connectivity index (χ1n) is 11.2. The van der Waals surface area contributed by atoms with Crippen LogP contribution >= 0.6 is 24.0 Å². The van der Waals surface area contributed by atoms with E-state index in [2.05, 4.69) is 53.2 Å². The number of benzene rings is 2. The molecule has 3 rings (SSSR count). The second kappa shape index (κ2) is 13.3. The summed E-state index contributed by atoms with van der Waals surface area (Å²) in [5.74, 6) is 1.38. The first-order valence-corrected chi connectivity index (χ1v) is 11.2. The maximum absolute atomic E-state index is 11.6. The zero-order valence-electron chi connectivity index (χ0n) is 19.0. The first-order chi connectivity index (χ1) is 15.1. The third-order valence-corrected chi connectivity index (χ3v) is 5.70. The molecule has 0 unspecified atom stereocenters. The van der Waals surface area contributed by atoms with Gasteiger partial charge >= 0.3 is 0 Å². The summed E-state index contributed by atoms with van der Waals surface area (Å²) in [6.45, 7) is 6.79. The number of hydrogen-bond acceptors (Lipinski definition) is 3. The third-order valence-electron chi connectivity index (χ3n) is 5.70. The Kier molecular flexibility index (Phi) is 10.8. The zero-order valence-corrected chi connectivity index (χ0v) is 21.4. The molecule has 2 aromatic carbocycles. The van der Waals surface area contributed by atoms with Gasteiger partial charge in [0, 0.05) is 25.0 Å². The molecule has 3 N–H and O–H groups in total. The van der Waals surface area contributed by atoms with E-state index in [1.807, 2.05) is 31.2 Å². The van der Waals surface area contributed by atoms with Gasteiger partial charge < -0.3 is 20.7 Å². The van der Waals surface area contributed by atoms with Crippen LogP contribution in [0.15, 0.2) is 59.6 Å². The molecule has 0 heterocycles. The maximum atomic E-state index is 11.6. The SMILES string of the molecule is CCNC(=O)COc1cccc(CN=C(NCC)NCC2(c3ccccc3)CCC2)c1.I. The van der Waals surface area contributed by atoms with Crippen molar-refractivity contribution in [2.45, 2.75) is 45.1 Å². The molecule has 0 atom stereocenters. The van der Waals surface area contributed by atoms with Crippen LogP contribution in [0.5, 0.6) is 5.75 Å². The van der Waals surface area contributed by atoms with Crippen molar-refractivity contribution in [1.29, 1.82) is 0 Å². The van der Waals surface area contributed by atoms with Crippen molar-refractivity contribution in [3.05, 3.63) is 65.7 Å². The molecule has 6 nitrogen and oxygen atoms in total. The molecule has 174 valence electrons. The summed E-state index contributed by atoms with van der Waals surface area (Å²) in [5.41, 5.74) is 2.64. The fourth-order valence-corrected chi connectivity index (χ4v) is 3.86. The Balaban J connectivity index is 0.00000363. The van der Waals surface area contributed by atoms with Gasteiger partial charge in [-0.1, -0.05) is 48.9 Å². The normalized spacial score (nSPS) is 14.5. The predicted molar refractivity (Wildman–Crippen MR) is 141 cm³/mol. The van der Waals surface area contributed by atoms with E-state index in [1.165, 1.54) is 24.8 Å². The molecule has 0 aromatic heterocycles. The Morgan fingerprint density at radius 2 is 1.75 bits per heavy atom. The average molecular weight is 550 g/mol. The van der Waals surface area contributed by atoms with Crippen LogP contribution in [0.1, 0.15) is 44.2 Å². The number of carbonyl (C=O) groups is 1. The van der Waals surface area contributed by atoms with E-state index in [4.69, 9.17) is 9.73 Å². The fourth-order valence-electron chi connectivity index (χ4n) is 3.86. The van der Waals surface area contributed by atoms with Crippen molar-refractivity contribution >= 4 is 35.8 Å². The molecule has 7 heteroatoms. The number of guanidine groups is 1. The number of hydrogen-bond donors (Lipinski definition) is 3. The van der Waals surface area contributed by atoms with Gasteiger partial charge in [-0.15, -0.1) is 24.0 Å². The van der Waals surface area contributed by atoms with Gasteiger partial charge in [-0.25, -0.2) is 4.99 Å². The summed E-state index contributed by atoms with van der Waals surface area (Å²) in [6.07, 6.45) is 3.68. The molecule has 0 spiro atoms. The Morgan fingerprint density at radius 1 is 1.00 bits per heavy atom. The van der Waals surface area contributed by atoms with Crippen LogP contribution in [0.3, 0.4) is 0 Å². The van der Waals surface area contributed by atoms with Crippen LogP contribution in [0.25, 0.3) is 0 Å². The van der Waals surface area contributed by atoms with E-state index >= 15 is 0 Å². The number of halogens is 1. The van der Waals surface area contributed by atoms with Crippen molar-refractivity contribution in [3.8, 4) is 5.75 Å². The van der Waals surface area contributed by atoms with Crippen molar-refractivity contribution in [2.24, 2.45) is 4.99 Å². The zero-order chi connectivity index (χ0) is 21.9. The Morgan fingerprint density at radius 3 is 2.41 bits per heavy atom. The van der Waals surface area contributed by atoms with E-state index in [0.717, 1.165) is 24.6 Å². The highest BCUT2D eigenvalue weighted by Gasteiger charge is 2.38. The Bertz CT molecular complexity index is 869. The Labute approximate surface area is 208 Å². The molecular weight excluding hydrogens is 515 g/mol. The van der Waals surface area contributed by atoms with Gasteiger partial charge in [-0.05, 0) is 49.9 Å². The van der Waals surface area contributed by atoms with Gasteiger partial charge in [0.05, 0.1) is 6.54 Å². The smallest absolute Gasteiger partial charge is 0.257 e. The summed E-state index contributed by atoms with van der Waals surface area (Å²) >= 11 is 0.